The second-order valence-corrected chi connectivity index (χ2v) is 5.56. The van der Waals surface area contributed by atoms with E-state index in [0.717, 1.165) is 6.54 Å². The average Bonchev–Trinajstić information content (AvgIpc) is 2.20. The van der Waals surface area contributed by atoms with Crippen LogP contribution in [-0.2, 0) is 0 Å². The van der Waals surface area contributed by atoms with Gasteiger partial charge in [0.15, 0.2) is 0 Å². The van der Waals surface area contributed by atoms with Crippen molar-refractivity contribution in [2.24, 2.45) is 5.92 Å². The summed E-state index contributed by atoms with van der Waals surface area (Å²) in [6, 6.07) is 1.09. The third kappa shape index (κ3) is 7.59. The zero-order chi connectivity index (χ0) is 12.1. The van der Waals surface area contributed by atoms with Crippen LogP contribution in [-0.4, -0.2) is 36.6 Å². The SMILES string of the molecule is C=C(CN1CCC([N-]C(C)C)CC1)C(C)C.[Rb+]. The Morgan fingerprint density at radius 1 is 1.24 bits per heavy atom. The largest absolute Gasteiger partial charge is 1.00 e. The van der Waals surface area contributed by atoms with Crippen LogP contribution in [0.3, 0.4) is 0 Å². The summed E-state index contributed by atoms with van der Waals surface area (Å²) in [5, 5.41) is 4.74. The van der Waals surface area contributed by atoms with Crippen LogP contribution in [0.2, 0.25) is 0 Å². The van der Waals surface area contributed by atoms with Gasteiger partial charge in [-0.3, -0.25) is 4.90 Å². The van der Waals surface area contributed by atoms with Crippen LogP contribution in [0.25, 0.3) is 5.32 Å². The third-order valence-electron chi connectivity index (χ3n) is 3.31. The predicted molar refractivity (Wildman–Crippen MR) is 71.9 cm³/mol. The van der Waals surface area contributed by atoms with Crippen molar-refractivity contribution in [3.8, 4) is 0 Å². The Hall–Kier alpha value is 1.47. The first-order chi connectivity index (χ1) is 7.49. The Bertz CT molecular complexity index is 218. The van der Waals surface area contributed by atoms with Gasteiger partial charge in [-0.1, -0.05) is 52.7 Å². The summed E-state index contributed by atoms with van der Waals surface area (Å²) >= 11 is 0. The Labute approximate surface area is 156 Å². The number of rotatable bonds is 5. The molecule has 0 saturated carbocycles. The van der Waals surface area contributed by atoms with Crippen molar-refractivity contribution in [1.29, 1.82) is 0 Å². The molecule has 1 saturated heterocycles. The van der Waals surface area contributed by atoms with E-state index in [4.69, 9.17) is 5.32 Å². The monoisotopic (exact) mass is 308 g/mol. The third-order valence-corrected chi connectivity index (χ3v) is 3.31. The summed E-state index contributed by atoms with van der Waals surface area (Å²) in [5.41, 5.74) is 1.36. The number of hydrogen-bond acceptors (Lipinski definition) is 1. The van der Waals surface area contributed by atoms with E-state index in [-0.39, 0.29) is 58.2 Å². The fraction of sp³-hybridized carbons (Fsp3) is 0.857. The molecule has 0 atom stereocenters. The van der Waals surface area contributed by atoms with Crippen molar-refractivity contribution in [2.45, 2.75) is 52.6 Å². The number of hydrogen-bond donors (Lipinski definition) is 0. The molecule has 0 amide bonds. The van der Waals surface area contributed by atoms with Gasteiger partial charge >= 0.3 is 58.2 Å². The molecule has 1 fully saturated rings. The molecule has 0 aromatic carbocycles. The number of likely N-dealkylation sites (tertiary alicyclic amines) is 1. The van der Waals surface area contributed by atoms with Gasteiger partial charge in [0, 0.05) is 6.54 Å². The molecular weight excluding hydrogens is 282 g/mol. The van der Waals surface area contributed by atoms with Crippen LogP contribution in [0.15, 0.2) is 12.2 Å². The average molecular weight is 309 g/mol. The van der Waals surface area contributed by atoms with Gasteiger partial charge < -0.3 is 5.32 Å². The van der Waals surface area contributed by atoms with Crippen molar-refractivity contribution >= 4 is 0 Å². The van der Waals surface area contributed by atoms with Gasteiger partial charge in [0.25, 0.3) is 0 Å². The minimum Gasteiger partial charge on any atom is -0.657 e. The maximum Gasteiger partial charge on any atom is 1.00 e. The van der Waals surface area contributed by atoms with E-state index in [9.17, 15) is 0 Å². The molecule has 1 aliphatic rings. The van der Waals surface area contributed by atoms with E-state index in [1.165, 1.54) is 31.5 Å². The van der Waals surface area contributed by atoms with Gasteiger partial charge in [-0.15, -0.1) is 12.1 Å². The van der Waals surface area contributed by atoms with E-state index in [1.807, 2.05) is 0 Å². The molecule has 1 heterocycles. The van der Waals surface area contributed by atoms with Gasteiger partial charge in [0.2, 0.25) is 0 Å². The maximum atomic E-state index is 4.74. The standard InChI is InChI=1S/C14H27N2.Rb/c1-11(2)13(5)10-16-8-6-14(7-9-16)15-12(3)4;/h11-12,14H,5-10H2,1-4H3;/q-1;+1. The molecule has 94 valence electrons. The molecule has 0 aliphatic carbocycles. The summed E-state index contributed by atoms with van der Waals surface area (Å²) in [7, 11) is 0. The van der Waals surface area contributed by atoms with E-state index < -0.39 is 0 Å². The molecule has 0 aromatic rings. The Kier molecular flexibility index (Phi) is 10.2. The van der Waals surface area contributed by atoms with Crippen molar-refractivity contribution in [2.75, 3.05) is 19.6 Å². The summed E-state index contributed by atoms with van der Waals surface area (Å²) in [5.74, 6) is 0.609. The summed E-state index contributed by atoms with van der Waals surface area (Å²) in [6.07, 6.45) is 2.45. The zero-order valence-electron chi connectivity index (χ0n) is 12.4. The van der Waals surface area contributed by atoms with Gasteiger partial charge in [-0.05, 0) is 19.0 Å². The molecule has 1 aliphatic heterocycles. The second kappa shape index (κ2) is 9.38. The first-order valence-electron chi connectivity index (χ1n) is 6.59. The Morgan fingerprint density at radius 2 is 1.76 bits per heavy atom. The van der Waals surface area contributed by atoms with E-state index in [1.54, 1.807) is 0 Å². The maximum absolute atomic E-state index is 4.74. The second-order valence-electron chi connectivity index (χ2n) is 5.56. The van der Waals surface area contributed by atoms with Crippen LogP contribution < -0.4 is 58.2 Å². The predicted octanol–water partition coefficient (Wildman–Crippen LogP) is 0.449. The first-order valence-corrected chi connectivity index (χ1v) is 6.59. The first kappa shape index (κ1) is 18.5. The quantitative estimate of drug-likeness (QED) is 0.674. The smallest absolute Gasteiger partial charge is 0.657 e. The molecule has 0 aromatic heterocycles. The van der Waals surface area contributed by atoms with Crippen LogP contribution in [0, 0.1) is 5.92 Å². The van der Waals surface area contributed by atoms with Gasteiger partial charge in [0.05, 0.1) is 0 Å². The normalized spacial score (nSPS) is 18.5. The minimum absolute atomic E-state index is 0. The fourth-order valence-electron chi connectivity index (χ4n) is 2.12. The molecule has 1 rings (SSSR count). The molecule has 0 radical (unpaired) electrons. The summed E-state index contributed by atoms with van der Waals surface area (Å²) in [4.78, 5) is 2.52. The zero-order valence-corrected chi connectivity index (χ0v) is 17.3. The van der Waals surface area contributed by atoms with E-state index >= 15 is 0 Å². The topological polar surface area (TPSA) is 17.3 Å². The molecule has 0 N–H and O–H groups in total. The summed E-state index contributed by atoms with van der Waals surface area (Å²) < 4.78 is 0. The van der Waals surface area contributed by atoms with Crippen molar-refractivity contribution in [3.05, 3.63) is 17.5 Å². The molecule has 0 spiro atoms. The molecular formula is C14H27N2Rb. The van der Waals surface area contributed by atoms with Crippen LogP contribution in [0.4, 0.5) is 0 Å². The molecule has 0 bridgehead atoms. The van der Waals surface area contributed by atoms with Gasteiger partial charge in [-0.25, -0.2) is 0 Å². The molecule has 17 heavy (non-hydrogen) atoms. The van der Waals surface area contributed by atoms with E-state index in [2.05, 4.69) is 39.2 Å². The Balaban J connectivity index is 0.00000256. The molecule has 3 heteroatoms. The van der Waals surface area contributed by atoms with E-state index in [0.29, 0.717) is 18.0 Å². The summed E-state index contributed by atoms with van der Waals surface area (Å²) in [6.45, 7) is 16.4. The molecule has 0 unspecified atom stereocenters. The Morgan fingerprint density at radius 3 is 2.18 bits per heavy atom. The number of nitrogens with zero attached hydrogens (tertiary/aromatic N) is 2. The van der Waals surface area contributed by atoms with Crippen LogP contribution in [0.1, 0.15) is 40.5 Å². The van der Waals surface area contributed by atoms with Crippen LogP contribution in [0.5, 0.6) is 0 Å². The van der Waals surface area contributed by atoms with Crippen LogP contribution >= 0.6 is 0 Å². The van der Waals surface area contributed by atoms with Crippen molar-refractivity contribution < 1.29 is 58.2 Å². The van der Waals surface area contributed by atoms with Crippen molar-refractivity contribution in [1.82, 2.24) is 4.90 Å². The van der Waals surface area contributed by atoms with Gasteiger partial charge in [0.1, 0.15) is 0 Å². The minimum atomic E-state index is 0. The molecule has 2 nitrogen and oxygen atoms in total. The number of piperidine rings is 1. The van der Waals surface area contributed by atoms with Gasteiger partial charge in [-0.2, -0.15) is 0 Å². The van der Waals surface area contributed by atoms with Crippen molar-refractivity contribution in [3.63, 3.8) is 0 Å². The fourth-order valence-corrected chi connectivity index (χ4v) is 2.12.